The maximum Gasteiger partial charge on any atom is 0.288 e. The Hall–Kier alpha value is -2.97. The number of carbonyl (C=O) groups excluding carboxylic acids is 2. The number of hydrogen-bond acceptors (Lipinski definition) is 4. The molecule has 2 amide bonds. The second-order valence-corrected chi connectivity index (χ2v) is 7.25. The molecule has 3 N–H and O–H groups in total. The topological polar surface area (TPSA) is 85.1 Å². The molecule has 0 aliphatic heterocycles. The first-order chi connectivity index (χ1) is 13.8. The van der Waals surface area contributed by atoms with Gasteiger partial charge in [0.05, 0.1) is 11.9 Å². The lowest BCUT2D eigenvalue weighted by Crippen LogP contribution is -2.13. The summed E-state index contributed by atoms with van der Waals surface area (Å²) in [5, 5.41) is 2.78. The summed E-state index contributed by atoms with van der Waals surface area (Å²) < 4.78 is 25.1. The van der Waals surface area contributed by atoms with Gasteiger partial charge >= 0.3 is 0 Å². The Labute approximate surface area is 174 Å². The minimum Gasteiger partial charge on any atom is -0.366 e. The molecule has 1 heterocycles. The molecule has 0 aliphatic carbocycles. The first kappa shape index (κ1) is 20.8. The Kier molecular flexibility index (Phi) is 6.46. The monoisotopic (exact) mass is 433 g/mol. The zero-order valence-corrected chi connectivity index (χ0v) is 16.3. The van der Waals surface area contributed by atoms with Gasteiger partial charge in [0.2, 0.25) is 5.91 Å². The van der Waals surface area contributed by atoms with Gasteiger partial charge in [-0.15, -0.1) is 0 Å². The van der Waals surface area contributed by atoms with Gasteiger partial charge in [0.15, 0.2) is 0 Å². The molecule has 3 rings (SSSR count). The lowest BCUT2D eigenvalue weighted by atomic mass is 10.0. The highest BCUT2D eigenvalue weighted by Gasteiger charge is 2.15. The summed E-state index contributed by atoms with van der Waals surface area (Å²) in [7, 11) is 0. The standard InChI is InChI=1S/C20H14ClF2N3O2S/c21-17-16(14-6-1-2-7-15(14)18(24)27)9-12(10-25-17)26-19(28)11-4-3-5-13(8-11)29-20(22)23/h1-10,20H,(H2,24,27)(H,26,28). The molecule has 0 unspecified atom stereocenters. The van der Waals surface area contributed by atoms with Gasteiger partial charge < -0.3 is 11.1 Å². The van der Waals surface area contributed by atoms with Crippen molar-refractivity contribution in [2.75, 3.05) is 5.32 Å². The first-order valence-corrected chi connectivity index (χ1v) is 9.52. The van der Waals surface area contributed by atoms with Gasteiger partial charge in [0.25, 0.3) is 11.7 Å². The number of rotatable bonds is 6. The van der Waals surface area contributed by atoms with Crippen LogP contribution >= 0.6 is 23.4 Å². The van der Waals surface area contributed by atoms with Crippen LogP contribution in [0, 0.1) is 0 Å². The maximum absolute atomic E-state index is 12.5. The van der Waals surface area contributed by atoms with Crippen molar-refractivity contribution >= 4 is 40.9 Å². The molecule has 0 saturated heterocycles. The number of benzene rings is 2. The van der Waals surface area contributed by atoms with Crippen LogP contribution < -0.4 is 11.1 Å². The van der Waals surface area contributed by atoms with Crippen LogP contribution in [0.25, 0.3) is 11.1 Å². The van der Waals surface area contributed by atoms with E-state index in [-0.39, 0.29) is 21.2 Å². The number of nitrogens with two attached hydrogens (primary N) is 1. The second kappa shape index (κ2) is 9.02. The maximum atomic E-state index is 12.5. The molecule has 29 heavy (non-hydrogen) atoms. The fourth-order valence-electron chi connectivity index (χ4n) is 2.65. The number of primary amides is 1. The van der Waals surface area contributed by atoms with Crippen LogP contribution in [0.15, 0.2) is 65.7 Å². The lowest BCUT2D eigenvalue weighted by Gasteiger charge is -2.11. The summed E-state index contributed by atoms with van der Waals surface area (Å²) in [6.07, 6.45) is 1.36. The molecule has 0 aliphatic rings. The molecule has 148 valence electrons. The minimum absolute atomic E-state index is 0.132. The third-order valence-electron chi connectivity index (χ3n) is 3.90. The van der Waals surface area contributed by atoms with Crippen molar-refractivity contribution in [1.29, 1.82) is 0 Å². The number of halogens is 3. The molecule has 0 bridgehead atoms. The Morgan fingerprint density at radius 3 is 2.55 bits per heavy atom. The zero-order valence-electron chi connectivity index (χ0n) is 14.7. The molecule has 0 fully saturated rings. The predicted octanol–water partition coefficient (Wildman–Crippen LogP) is 5.07. The van der Waals surface area contributed by atoms with Crippen LogP contribution in [-0.2, 0) is 0 Å². The van der Waals surface area contributed by atoms with Crippen molar-refractivity contribution in [2.45, 2.75) is 10.7 Å². The molecule has 0 spiro atoms. The first-order valence-electron chi connectivity index (χ1n) is 8.26. The number of thioether (sulfide) groups is 1. The van der Waals surface area contributed by atoms with Gasteiger partial charge in [-0.25, -0.2) is 4.98 Å². The van der Waals surface area contributed by atoms with Crippen molar-refractivity contribution in [1.82, 2.24) is 4.98 Å². The van der Waals surface area contributed by atoms with Crippen LogP contribution in [0.3, 0.4) is 0 Å². The third kappa shape index (κ3) is 5.10. The third-order valence-corrected chi connectivity index (χ3v) is 4.91. The van der Waals surface area contributed by atoms with E-state index >= 15 is 0 Å². The Morgan fingerprint density at radius 1 is 1.07 bits per heavy atom. The zero-order chi connectivity index (χ0) is 21.0. The van der Waals surface area contributed by atoms with Crippen molar-refractivity contribution in [3.05, 3.63) is 77.1 Å². The van der Waals surface area contributed by atoms with E-state index in [1.54, 1.807) is 30.3 Å². The Bertz CT molecular complexity index is 1080. The highest BCUT2D eigenvalue weighted by molar-refractivity contribution is 7.99. The van der Waals surface area contributed by atoms with Crippen molar-refractivity contribution in [3.8, 4) is 11.1 Å². The smallest absolute Gasteiger partial charge is 0.288 e. The van der Waals surface area contributed by atoms with Gasteiger partial charge in [0.1, 0.15) is 5.15 Å². The van der Waals surface area contributed by atoms with E-state index in [1.807, 2.05) is 0 Å². The summed E-state index contributed by atoms with van der Waals surface area (Å²) in [5.74, 6) is -3.71. The van der Waals surface area contributed by atoms with E-state index in [9.17, 15) is 18.4 Å². The van der Waals surface area contributed by atoms with Gasteiger partial charge in [-0.2, -0.15) is 8.78 Å². The molecule has 3 aromatic rings. The number of aromatic nitrogens is 1. The number of hydrogen-bond donors (Lipinski definition) is 2. The van der Waals surface area contributed by atoms with Crippen LogP contribution in [0.4, 0.5) is 14.5 Å². The summed E-state index contributed by atoms with van der Waals surface area (Å²) in [6.45, 7) is 0. The minimum atomic E-state index is -2.58. The normalized spacial score (nSPS) is 10.8. The number of carbonyl (C=O) groups is 2. The van der Waals surface area contributed by atoms with Crippen LogP contribution in [-0.4, -0.2) is 22.6 Å². The predicted molar refractivity (Wildman–Crippen MR) is 109 cm³/mol. The molecule has 2 aromatic carbocycles. The largest absolute Gasteiger partial charge is 0.366 e. The van der Waals surface area contributed by atoms with E-state index in [4.69, 9.17) is 17.3 Å². The fraction of sp³-hybridized carbons (Fsp3) is 0.0500. The van der Waals surface area contributed by atoms with Crippen LogP contribution in [0.5, 0.6) is 0 Å². The molecule has 1 aromatic heterocycles. The number of nitrogens with one attached hydrogen (secondary N) is 1. The molecule has 0 radical (unpaired) electrons. The van der Waals surface area contributed by atoms with Crippen molar-refractivity contribution in [2.24, 2.45) is 5.73 Å². The lowest BCUT2D eigenvalue weighted by molar-refractivity contribution is 0.0998. The van der Waals surface area contributed by atoms with E-state index in [1.165, 1.54) is 30.5 Å². The number of pyridine rings is 1. The fourth-order valence-corrected chi connectivity index (χ4v) is 3.42. The molecule has 0 saturated carbocycles. The van der Waals surface area contributed by atoms with E-state index in [2.05, 4.69) is 10.3 Å². The van der Waals surface area contributed by atoms with Crippen molar-refractivity contribution < 1.29 is 18.4 Å². The average molecular weight is 434 g/mol. The van der Waals surface area contributed by atoms with E-state index < -0.39 is 17.6 Å². The quantitative estimate of drug-likeness (QED) is 0.420. The Morgan fingerprint density at radius 2 is 1.83 bits per heavy atom. The van der Waals surface area contributed by atoms with E-state index in [0.29, 0.717) is 28.6 Å². The summed E-state index contributed by atoms with van der Waals surface area (Å²) >= 11 is 6.54. The molecular formula is C20H14ClF2N3O2S. The number of alkyl halides is 2. The molecule has 5 nitrogen and oxygen atoms in total. The average Bonchev–Trinajstić information content (AvgIpc) is 2.69. The number of nitrogens with zero attached hydrogens (tertiary/aromatic N) is 1. The van der Waals surface area contributed by atoms with Gasteiger partial charge in [-0.1, -0.05) is 47.6 Å². The molecule has 0 atom stereocenters. The SMILES string of the molecule is NC(=O)c1ccccc1-c1cc(NC(=O)c2cccc(SC(F)F)c2)cnc1Cl. The van der Waals surface area contributed by atoms with Crippen LogP contribution in [0.1, 0.15) is 20.7 Å². The number of anilines is 1. The highest BCUT2D eigenvalue weighted by atomic mass is 35.5. The van der Waals surface area contributed by atoms with Crippen LogP contribution in [0.2, 0.25) is 5.15 Å². The molecule has 9 heteroatoms. The summed E-state index contributed by atoms with van der Waals surface area (Å²) in [6, 6.07) is 14.1. The second-order valence-electron chi connectivity index (χ2n) is 5.83. The van der Waals surface area contributed by atoms with E-state index in [0.717, 1.165) is 0 Å². The van der Waals surface area contributed by atoms with Gasteiger partial charge in [0, 0.05) is 21.6 Å². The van der Waals surface area contributed by atoms with Gasteiger partial charge in [-0.3, -0.25) is 9.59 Å². The highest BCUT2D eigenvalue weighted by Crippen LogP contribution is 2.31. The number of amides is 2. The summed E-state index contributed by atoms with van der Waals surface area (Å²) in [4.78, 5) is 28.5. The van der Waals surface area contributed by atoms with Crippen molar-refractivity contribution in [3.63, 3.8) is 0 Å². The Balaban J connectivity index is 1.89. The summed E-state index contributed by atoms with van der Waals surface area (Å²) in [5.41, 5.74) is 7.10. The van der Waals surface area contributed by atoms with Gasteiger partial charge in [-0.05, 0) is 35.9 Å². The molecular weight excluding hydrogens is 420 g/mol.